The number of aliphatic hydroxyl groups is 1. The van der Waals surface area contributed by atoms with Crippen molar-refractivity contribution in [3.05, 3.63) is 61.2 Å². The first-order valence-electron chi connectivity index (χ1n) is 14.3. The minimum atomic E-state index is -0.798. The van der Waals surface area contributed by atoms with Crippen molar-refractivity contribution < 1.29 is 24.2 Å². The second kappa shape index (κ2) is 13.7. The lowest BCUT2D eigenvalue weighted by atomic mass is 9.71. The SMILES string of the molecule is C=CCCOC(=O)[C@H]1[C@@H]2SC3(CC2Br)C(C(=O)N(CC=C)CCCCC)N([C@@H](CO)Cc2ccccc2)C(=O)[C@H]13. The number of unbranched alkanes of at least 4 members (excludes halogenated alkanes) is 2. The van der Waals surface area contributed by atoms with Crippen LogP contribution in [0.3, 0.4) is 0 Å². The van der Waals surface area contributed by atoms with E-state index in [-0.39, 0.29) is 35.1 Å². The lowest BCUT2D eigenvalue weighted by molar-refractivity contribution is -0.154. The molecule has 7 nitrogen and oxygen atoms in total. The van der Waals surface area contributed by atoms with Crippen molar-refractivity contribution in [2.24, 2.45) is 11.8 Å². The zero-order chi connectivity index (χ0) is 28.9. The Labute approximate surface area is 250 Å². The molecule has 0 aromatic heterocycles. The van der Waals surface area contributed by atoms with Crippen LogP contribution in [-0.2, 0) is 25.5 Å². The third kappa shape index (κ3) is 5.79. The van der Waals surface area contributed by atoms with Crippen LogP contribution in [-0.4, -0.2) is 85.9 Å². The molecule has 9 heteroatoms. The molecule has 1 aromatic rings. The smallest absolute Gasteiger partial charge is 0.310 e. The molecule has 3 saturated heterocycles. The van der Waals surface area contributed by atoms with E-state index in [1.54, 1.807) is 33.7 Å². The molecule has 0 radical (unpaired) electrons. The second-order valence-electron chi connectivity index (χ2n) is 11.0. The number of rotatable bonds is 15. The standard InChI is InChI=1S/C31H41BrN2O5S/c1-4-7-12-16-33(15-6-3)29(37)27-31-19-23(32)26(40-31)24(30(38)39-17-8-5-2)25(31)28(36)34(27)22(20-35)18-21-13-10-9-11-14-21/h5-6,9-11,13-14,22-27,35H,2-4,7-8,12,15-20H2,1H3/t22-,23?,24-,25+,26-,27?,31?/m1/s1. The van der Waals surface area contributed by atoms with Crippen LogP contribution < -0.4 is 0 Å². The molecule has 2 amide bonds. The highest BCUT2D eigenvalue weighted by Crippen LogP contribution is 2.68. The number of benzene rings is 1. The number of fused-ring (bicyclic) bond motifs is 1. The number of nitrogens with zero attached hydrogens (tertiary/aromatic N) is 2. The third-order valence-electron chi connectivity index (χ3n) is 8.41. The van der Waals surface area contributed by atoms with E-state index in [1.165, 1.54) is 0 Å². The number of likely N-dealkylation sites (tertiary alicyclic amines) is 1. The number of alkyl halides is 1. The molecule has 2 bridgehead atoms. The number of ether oxygens (including phenoxy) is 1. The predicted octanol–water partition coefficient (Wildman–Crippen LogP) is 4.38. The average molecular weight is 634 g/mol. The van der Waals surface area contributed by atoms with Gasteiger partial charge < -0.3 is 19.6 Å². The molecular weight excluding hydrogens is 592 g/mol. The van der Waals surface area contributed by atoms with Gasteiger partial charge in [-0.25, -0.2) is 0 Å². The number of carbonyl (C=O) groups excluding carboxylic acids is 3. The summed E-state index contributed by atoms with van der Waals surface area (Å²) in [5, 5.41) is 10.5. The summed E-state index contributed by atoms with van der Waals surface area (Å²) in [7, 11) is 0. The Kier molecular flexibility index (Phi) is 10.6. The van der Waals surface area contributed by atoms with Gasteiger partial charge in [0.15, 0.2) is 0 Å². The van der Waals surface area contributed by atoms with Gasteiger partial charge >= 0.3 is 5.97 Å². The zero-order valence-electron chi connectivity index (χ0n) is 23.3. The van der Waals surface area contributed by atoms with Gasteiger partial charge in [0.2, 0.25) is 11.8 Å². The minimum absolute atomic E-state index is 0.0385. The molecule has 1 spiro atoms. The van der Waals surface area contributed by atoms with E-state index in [0.29, 0.717) is 32.4 Å². The van der Waals surface area contributed by atoms with Crippen LogP contribution in [0.2, 0.25) is 0 Å². The summed E-state index contributed by atoms with van der Waals surface area (Å²) in [6.07, 6.45) is 7.82. The summed E-state index contributed by atoms with van der Waals surface area (Å²) in [4.78, 5) is 45.8. The second-order valence-corrected chi connectivity index (χ2v) is 13.7. The van der Waals surface area contributed by atoms with E-state index in [4.69, 9.17) is 4.74 Å². The lowest BCUT2D eigenvalue weighted by Crippen LogP contribution is -2.58. The molecule has 3 fully saturated rings. The van der Waals surface area contributed by atoms with E-state index in [0.717, 1.165) is 24.8 Å². The van der Waals surface area contributed by atoms with Crippen molar-refractivity contribution in [2.75, 3.05) is 26.3 Å². The van der Waals surface area contributed by atoms with Gasteiger partial charge in [0.1, 0.15) is 6.04 Å². The maximum Gasteiger partial charge on any atom is 0.310 e. The fourth-order valence-corrected chi connectivity index (χ4v) is 10.2. The first kappa shape index (κ1) is 30.8. The van der Waals surface area contributed by atoms with Gasteiger partial charge in [0.05, 0.1) is 35.8 Å². The minimum Gasteiger partial charge on any atom is -0.465 e. The highest BCUT2D eigenvalue weighted by Gasteiger charge is 2.76. The summed E-state index contributed by atoms with van der Waals surface area (Å²) < 4.78 is 4.82. The topological polar surface area (TPSA) is 87.2 Å². The molecular formula is C31H41BrN2O5S. The van der Waals surface area contributed by atoms with Gasteiger partial charge in [-0.1, -0.05) is 78.2 Å². The van der Waals surface area contributed by atoms with Gasteiger partial charge in [-0.15, -0.1) is 24.9 Å². The fourth-order valence-electron chi connectivity index (χ4n) is 6.66. The largest absolute Gasteiger partial charge is 0.465 e. The van der Waals surface area contributed by atoms with Crippen LogP contribution in [0.25, 0.3) is 0 Å². The summed E-state index contributed by atoms with van der Waals surface area (Å²) in [5.41, 5.74) is 0.969. The van der Waals surface area contributed by atoms with Crippen LogP contribution >= 0.6 is 27.7 Å². The van der Waals surface area contributed by atoms with Crippen molar-refractivity contribution in [3.8, 4) is 0 Å². The van der Waals surface area contributed by atoms with E-state index in [2.05, 4.69) is 36.0 Å². The van der Waals surface area contributed by atoms with Crippen molar-refractivity contribution in [3.63, 3.8) is 0 Å². The van der Waals surface area contributed by atoms with Gasteiger partial charge in [-0.3, -0.25) is 14.4 Å². The van der Waals surface area contributed by atoms with Crippen LogP contribution in [0.15, 0.2) is 55.6 Å². The van der Waals surface area contributed by atoms with Crippen molar-refractivity contribution in [1.82, 2.24) is 9.80 Å². The molecule has 1 N–H and O–H groups in total. The number of thioether (sulfide) groups is 1. The Balaban J connectivity index is 1.75. The molecule has 3 unspecified atom stereocenters. The van der Waals surface area contributed by atoms with Crippen molar-refractivity contribution in [1.29, 1.82) is 0 Å². The predicted molar refractivity (Wildman–Crippen MR) is 162 cm³/mol. The maximum atomic E-state index is 14.5. The summed E-state index contributed by atoms with van der Waals surface area (Å²) in [5.74, 6) is -2.11. The van der Waals surface area contributed by atoms with Crippen LogP contribution in [0.5, 0.6) is 0 Å². The Morgan fingerprint density at radius 2 is 2.02 bits per heavy atom. The number of aliphatic hydroxyl groups excluding tert-OH is 1. The molecule has 3 aliphatic rings. The summed E-state index contributed by atoms with van der Waals surface area (Å²) in [6, 6.07) is 8.29. The normalized spacial score (nSPS) is 29.2. The number of carbonyl (C=O) groups is 3. The third-order valence-corrected chi connectivity index (χ3v) is 11.6. The van der Waals surface area contributed by atoms with Gasteiger partial charge in [-0.05, 0) is 31.2 Å². The Bertz CT molecular complexity index is 1090. The summed E-state index contributed by atoms with van der Waals surface area (Å²) >= 11 is 5.39. The number of esters is 1. The quantitative estimate of drug-likeness (QED) is 0.134. The van der Waals surface area contributed by atoms with Gasteiger partial charge in [-0.2, -0.15) is 0 Å². The van der Waals surface area contributed by atoms with E-state index >= 15 is 0 Å². The Morgan fingerprint density at radius 1 is 1.27 bits per heavy atom. The first-order valence-corrected chi connectivity index (χ1v) is 16.1. The van der Waals surface area contributed by atoms with Crippen LogP contribution in [0.4, 0.5) is 0 Å². The Morgan fingerprint density at radius 3 is 2.67 bits per heavy atom. The molecule has 3 heterocycles. The summed E-state index contributed by atoms with van der Waals surface area (Å²) in [6.45, 7) is 10.6. The van der Waals surface area contributed by atoms with E-state index in [9.17, 15) is 19.5 Å². The molecule has 0 aliphatic carbocycles. The number of halogens is 1. The maximum absolute atomic E-state index is 14.5. The molecule has 4 rings (SSSR count). The number of hydrogen-bond donors (Lipinski definition) is 1. The highest BCUT2D eigenvalue weighted by molar-refractivity contribution is 9.09. The zero-order valence-corrected chi connectivity index (χ0v) is 25.7. The molecule has 1 aromatic carbocycles. The van der Waals surface area contributed by atoms with E-state index < -0.39 is 34.6 Å². The average Bonchev–Trinajstić information content (AvgIpc) is 3.55. The monoisotopic (exact) mass is 632 g/mol. The van der Waals surface area contributed by atoms with E-state index in [1.807, 2.05) is 30.3 Å². The van der Waals surface area contributed by atoms with Crippen LogP contribution in [0.1, 0.15) is 44.6 Å². The molecule has 218 valence electrons. The number of hydrogen-bond acceptors (Lipinski definition) is 6. The highest BCUT2D eigenvalue weighted by atomic mass is 79.9. The molecule has 40 heavy (non-hydrogen) atoms. The first-order chi connectivity index (χ1) is 19.3. The molecule has 3 aliphatic heterocycles. The lowest BCUT2D eigenvalue weighted by Gasteiger charge is -2.40. The fraction of sp³-hybridized carbons (Fsp3) is 0.581. The number of amides is 2. The van der Waals surface area contributed by atoms with Gasteiger partial charge in [0.25, 0.3) is 0 Å². The Hall–Kier alpha value is -2.10. The van der Waals surface area contributed by atoms with Crippen molar-refractivity contribution in [2.45, 2.75) is 72.4 Å². The molecule has 0 saturated carbocycles. The van der Waals surface area contributed by atoms with Crippen molar-refractivity contribution >= 4 is 45.5 Å². The molecule has 7 atom stereocenters. The van der Waals surface area contributed by atoms with Gasteiger partial charge in [0, 0.05) is 23.2 Å². The van der Waals surface area contributed by atoms with Crippen LogP contribution in [0, 0.1) is 11.8 Å².